The zero-order chi connectivity index (χ0) is 20.0. The summed E-state index contributed by atoms with van der Waals surface area (Å²) in [6.45, 7) is 4.79. The predicted molar refractivity (Wildman–Crippen MR) is 109 cm³/mol. The highest BCUT2D eigenvalue weighted by Gasteiger charge is 2.18. The molecule has 0 spiro atoms. The molecule has 1 unspecified atom stereocenters. The summed E-state index contributed by atoms with van der Waals surface area (Å²) in [4.78, 5) is 35.5. The minimum Gasteiger partial charge on any atom is -0.349 e. The Morgan fingerprint density at radius 1 is 0.926 bits per heavy atom. The standard InChI is InChI=1S/C20H22BrN3O3/c1-12-4-6-15(7-5-12)18(23-14(3)26)11-20(27)24-19-10-16(21)8-9-17(19)22-13(2)25/h4-10,18H,11H2,1-3H3,(H,22,25)(H,23,26)(H,24,27). The van der Waals surface area contributed by atoms with Crippen LogP contribution in [0, 0.1) is 6.92 Å². The Bertz CT molecular complexity index is 850. The van der Waals surface area contributed by atoms with Crippen molar-refractivity contribution in [3.05, 3.63) is 58.1 Å². The third kappa shape index (κ3) is 6.53. The Morgan fingerprint density at radius 2 is 1.59 bits per heavy atom. The summed E-state index contributed by atoms with van der Waals surface area (Å²) in [5.41, 5.74) is 2.93. The van der Waals surface area contributed by atoms with Gasteiger partial charge < -0.3 is 16.0 Å². The first kappa shape index (κ1) is 20.6. The molecule has 0 aliphatic rings. The van der Waals surface area contributed by atoms with E-state index in [1.165, 1.54) is 13.8 Å². The maximum Gasteiger partial charge on any atom is 0.226 e. The number of hydrogen-bond acceptors (Lipinski definition) is 3. The SMILES string of the molecule is CC(=O)Nc1ccc(Br)cc1NC(=O)CC(NC(C)=O)c1ccc(C)cc1. The van der Waals surface area contributed by atoms with Crippen molar-refractivity contribution >= 4 is 45.0 Å². The summed E-state index contributed by atoms with van der Waals surface area (Å²) >= 11 is 3.36. The van der Waals surface area contributed by atoms with Crippen LogP contribution in [0.4, 0.5) is 11.4 Å². The van der Waals surface area contributed by atoms with E-state index in [2.05, 4.69) is 31.9 Å². The monoisotopic (exact) mass is 431 g/mol. The van der Waals surface area contributed by atoms with Gasteiger partial charge in [0.05, 0.1) is 23.8 Å². The van der Waals surface area contributed by atoms with E-state index in [9.17, 15) is 14.4 Å². The fraction of sp³-hybridized carbons (Fsp3) is 0.250. The van der Waals surface area contributed by atoms with Crippen LogP contribution < -0.4 is 16.0 Å². The fourth-order valence-electron chi connectivity index (χ4n) is 2.60. The second-order valence-corrected chi connectivity index (χ2v) is 7.20. The van der Waals surface area contributed by atoms with Crippen LogP contribution >= 0.6 is 15.9 Å². The zero-order valence-corrected chi connectivity index (χ0v) is 17.0. The van der Waals surface area contributed by atoms with E-state index < -0.39 is 6.04 Å². The smallest absolute Gasteiger partial charge is 0.226 e. The predicted octanol–water partition coefficient (Wildman–Crippen LogP) is 3.92. The number of halogens is 1. The molecule has 7 heteroatoms. The number of aryl methyl sites for hydroxylation is 1. The van der Waals surface area contributed by atoms with Crippen molar-refractivity contribution < 1.29 is 14.4 Å². The van der Waals surface area contributed by atoms with Gasteiger partial charge in [-0.25, -0.2) is 0 Å². The molecule has 0 aliphatic heterocycles. The maximum atomic E-state index is 12.6. The van der Waals surface area contributed by atoms with E-state index in [0.29, 0.717) is 11.4 Å². The maximum absolute atomic E-state index is 12.6. The van der Waals surface area contributed by atoms with Crippen LogP contribution in [0.5, 0.6) is 0 Å². The molecule has 6 nitrogen and oxygen atoms in total. The first-order chi connectivity index (χ1) is 12.7. The Labute approximate surface area is 166 Å². The van der Waals surface area contributed by atoms with Crippen LogP contribution in [-0.4, -0.2) is 17.7 Å². The number of carbonyl (C=O) groups excluding carboxylic acids is 3. The molecule has 3 amide bonds. The van der Waals surface area contributed by atoms with Gasteiger partial charge >= 0.3 is 0 Å². The molecule has 0 radical (unpaired) electrons. The molecule has 0 aromatic heterocycles. The highest BCUT2D eigenvalue weighted by molar-refractivity contribution is 9.10. The first-order valence-electron chi connectivity index (χ1n) is 8.45. The lowest BCUT2D eigenvalue weighted by Crippen LogP contribution is -2.30. The van der Waals surface area contributed by atoms with E-state index in [1.807, 2.05) is 31.2 Å². The van der Waals surface area contributed by atoms with Gasteiger partial charge in [0.2, 0.25) is 17.7 Å². The molecule has 0 fully saturated rings. The Kier molecular flexibility index (Phi) is 7.12. The summed E-state index contributed by atoms with van der Waals surface area (Å²) < 4.78 is 0.767. The van der Waals surface area contributed by atoms with Crippen molar-refractivity contribution in [2.45, 2.75) is 33.2 Å². The molecular formula is C20H22BrN3O3. The average Bonchev–Trinajstić information content (AvgIpc) is 2.56. The van der Waals surface area contributed by atoms with Gasteiger partial charge in [-0.2, -0.15) is 0 Å². The zero-order valence-electron chi connectivity index (χ0n) is 15.4. The summed E-state index contributed by atoms with van der Waals surface area (Å²) in [5.74, 6) is -0.725. The molecule has 0 heterocycles. The van der Waals surface area contributed by atoms with Gasteiger partial charge in [0.25, 0.3) is 0 Å². The van der Waals surface area contributed by atoms with Crippen LogP contribution in [0.15, 0.2) is 46.9 Å². The normalized spacial score (nSPS) is 11.4. The molecule has 1 atom stereocenters. The molecule has 2 aromatic carbocycles. The van der Waals surface area contributed by atoms with Gasteiger partial charge in [-0.3, -0.25) is 14.4 Å². The molecule has 0 aliphatic carbocycles. The van der Waals surface area contributed by atoms with E-state index in [-0.39, 0.29) is 24.1 Å². The average molecular weight is 432 g/mol. The van der Waals surface area contributed by atoms with Crippen LogP contribution in [0.2, 0.25) is 0 Å². The van der Waals surface area contributed by atoms with Gasteiger partial charge in [0.1, 0.15) is 0 Å². The molecule has 2 rings (SSSR count). The van der Waals surface area contributed by atoms with E-state index in [4.69, 9.17) is 0 Å². The van der Waals surface area contributed by atoms with Gasteiger partial charge in [0.15, 0.2) is 0 Å². The van der Waals surface area contributed by atoms with Crippen LogP contribution in [0.3, 0.4) is 0 Å². The van der Waals surface area contributed by atoms with Crippen LogP contribution in [-0.2, 0) is 14.4 Å². The fourth-order valence-corrected chi connectivity index (χ4v) is 2.96. The first-order valence-corrected chi connectivity index (χ1v) is 9.24. The van der Waals surface area contributed by atoms with Crippen molar-refractivity contribution in [3.63, 3.8) is 0 Å². The van der Waals surface area contributed by atoms with Gasteiger partial charge in [-0.15, -0.1) is 0 Å². The van der Waals surface area contributed by atoms with Crippen molar-refractivity contribution in [1.82, 2.24) is 5.32 Å². The molecular weight excluding hydrogens is 410 g/mol. The van der Waals surface area contributed by atoms with E-state index in [0.717, 1.165) is 15.6 Å². The van der Waals surface area contributed by atoms with Crippen molar-refractivity contribution in [1.29, 1.82) is 0 Å². The highest BCUT2D eigenvalue weighted by atomic mass is 79.9. The van der Waals surface area contributed by atoms with Crippen molar-refractivity contribution in [2.75, 3.05) is 10.6 Å². The largest absolute Gasteiger partial charge is 0.349 e. The number of carbonyl (C=O) groups is 3. The second kappa shape index (κ2) is 9.32. The van der Waals surface area contributed by atoms with Gasteiger partial charge in [0, 0.05) is 18.3 Å². The third-order valence-corrected chi connectivity index (χ3v) is 4.31. The minimum absolute atomic E-state index is 0.0642. The second-order valence-electron chi connectivity index (χ2n) is 6.29. The van der Waals surface area contributed by atoms with Crippen LogP contribution in [0.1, 0.15) is 37.4 Å². The number of anilines is 2. The highest BCUT2D eigenvalue weighted by Crippen LogP contribution is 2.27. The molecule has 142 valence electrons. The lowest BCUT2D eigenvalue weighted by Gasteiger charge is -2.19. The van der Waals surface area contributed by atoms with Crippen molar-refractivity contribution in [3.8, 4) is 0 Å². The Morgan fingerprint density at radius 3 is 2.19 bits per heavy atom. The van der Waals surface area contributed by atoms with E-state index in [1.54, 1.807) is 18.2 Å². The molecule has 27 heavy (non-hydrogen) atoms. The number of benzene rings is 2. The number of nitrogens with one attached hydrogen (secondary N) is 3. The summed E-state index contributed by atoms with van der Waals surface area (Å²) in [6.07, 6.45) is 0.0642. The molecule has 0 saturated carbocycles. The third-order valence-electron chi connectivity index (χ3n) is 3.81. The lowest BCUT2D eigenvalue weighted by molar-refractivity contribution is -0.120. The quantitative estimate of drug-likeness (QED) is 0.647. The van der Waals surface area contributed by atoms with Gasteiger partial charge in [-0.05, 0) is 30.7 Å². The Balaban J connectivity index is 2.18. The number of amides is 3. The lowest BCUT2D eigenvalue weighted by atomic mass is 10.0. The minimum atomic E-state index is -0.445. The van der Waals surface area contributed by atoms with Gasteiger partial charge in [-0.1, -0.05) is 45.8 Å². The number of rotatable bonds is 6. The molecule has 2 aromatic rings. The summed E-state index contributed by atoms with van der Waals surface area (Å²) in [5, 5.41) is 8.30. The summed E-state index contributed by atoms with van der Waals surface area (Å²) in [6, 6.07) is 12.4. The number of hydrogen-bond donors (Lipinski definition) is 3. The molecule has 3 N–H and O–H groups in total. The van der Waals surface area contributed by atoms with Crippen LogP contribution in [0.25, 0.3) is 0 Å². The molecule has 0 saturated heterocycles. The van der Waals surface area contributed by atoms with Crippen molar-refractivity contribution in [2.24, 2.45) is 0 Å². The van der Waals surface area contributed by atoms with E-state index >= 15 is 0 Å². The topological polar surface area (TPSA) is 87.3 Å². The summed E-state index contributed by atoms with van der Waals surface area (Å²) in [7, 11) is 0. The Hall–Kier alpha value is -2.67. The molecule has 0 bridgehead atoms.